The fraction of sp³-hybridized carbons (Fsp3) is 0.111. The van der Waals surface area contributed by atoms with E-state index in [-0.39, 0.29) is 12.5 Å². The maximum atomic E-state index is 11.8. The molecule has 0 saturated carbocycles. The summed E-state index contributed by atoms with van der Waals surface area (Å²) in [6.45, 7) is 0.136. The van der Waals surface area contributed by atoms with Crippen LogP contribution in [-0.4, -0.2) is 30.8 Å². The number of amides is 1. The Bertz CT molecular complexity index is 853. The van der Waals surface area contributed by atoms with Crippen molar-refractivity contribution < 1.29 is 9.53 Å². The van der Waals surface area contributed by atoms with Crippen LogP contribution in [0.25, 0.3) is 10.9 Å². The minimum atomic E-state index is -0.220. The number of nitrogens with zero attached hydrogens (tertiary/aromatic N) is 1. The molecule has 3 N–H and O–H groups in total. The van der Waals surface area contributed by atoms with Crippen molar-refractivity contribution in [2.45, 2.75) is 0 Å². The molecule has 3 rings (SSSR count). The van der Waals surface area contributed by atoms with E-state index in [9.17, 15) is 4.79 Å². The lowest BCUT2D eigenvalue weighted by Gasteiger charge is -2.06. The van der Waals surface area contributed by atoms with Gasteiger partial charge in [0.15, 0.2) is 0 Å². The number of aromatic nitrogens is 1. The molecule has 1 heterocycles. The number of carbonyl (C=O) groups excluding carboxylic acids is 1. The third-order valence-electron chi connectivity index (χ3n) is 3.56. The molecule has 6 heteroatoms. The number of hydrogen-bond donors (Lipinski definition) is 3. The van der Waals surface area contributed by atoms with Crippen LogP contribution in [0, 0.1) is 0 Å². The topological polar surface area (TPSA) is 78.5 Å². The molecule has 6 nitrogen and oxygen atoms in total. The van der Waals surface area contributed by atoms with Crippen LogP contribution >= 0.6 is 0 Å². The quantitative estimate of drug-likeness (QED) is 0.482. The van der Waals surface area contributed by atoms with Crippen LogP contribution in [-0.2, 0) is 4.79 Å². The minimum Gasteiger partial charge on any atom is -0.497 e. The molecule has 24 heavy (non-hydrogen) atoms. The summed E-state index contributed by atoms with van der Waals surface area (Å²) in [5.74, 6) is 0.551. The van der Waals surface area contributed by atoms with Crippen molar-refractivity contribution in [3.63, 3.8) is 0 Å². The summed E-state index contributed by atoms with van der Waals surface area (Å²) in [4.78, 5) is 15.0. The summed E-state index contributed by atoms with van der Waals surface area (Å²) < 4.78 is 5.09. The summed E-state index contributed by atoms with van der Waals surface area (Å²) in [5.41, 5.74) is 5.31. The van der Waals surface area contributed by atoms with E-state index in [1.807, 2.05) is 54.7 Å². The number of hydrazone groups is 1. The fourth-order valence-electron chi connectivity index (χ4n) is 2.31. The third-order valence-corrected chi connectivity index (χ3v) is 3.56. The second kappa shape index (κ2) is 7.32. The van der Waals surface area contributed by atoms with Crippen LogP contribution < -0.4 is 15.5 Å². The third kappa shape index (κ3) is 3.73. The number of carbonyl (C=O) groups is 1. The second-order valence-corrected chi connectivity index (χ2v) is 5.16. The molecule has 1 aromatic heterocycles. The minimum absolute atomic E-state index is 0.136. The van der Waals surface area contributed by atoms with Gasteiger partial charge in [-0.2, -0.15) is 5.10 Å². The highest BCUT2D eigenvalue weighted by atomic mass is 16.5. The van der Waals surface area contributed by atoms with Crippen LogP contribution in [0.5, 0.6) is 5.75 Å². The van der Waals surface area contributed by atoms with Crippen molar-refractivity contribution in [2.24, 2.45) is 5.10 Å². The predicted molar refractivity (Wildman–Crippen MR) is 95.5 cm³/mol. The largest absolute Gasteiger partial charge is 0.497 e. The van der Waals surface area contributed by atoms with Gasteiger partial charge in [-0.3, -0.25) is 4.79 Å². The molecule has 0 unspecified atom stereocenters. The Morgan fingerprint density at radius 3 is 2.79 bits per heavy atom. The number of fused-ring (bicyclic) bond motifs is 1. The van der Waals surface area contributed by atoms with Gasteiger partial charge in [-0.25, -0.2) is 5.43 Å². The van der Waals surface area contributed by atoms with Gasteiger partial charge in [-0.05, 0) is 30.3 Å². The first kappa shape index (κ1) is 15.6. The van der Waals surface area contributed by atoms with Crippen LogP contribution in [0.4, 0.5) is 5.69 Å². The maximum Gasteiger partial charge on any atom is 0.259 e. The number of hydrogen-bond acceptors (Lipinski definition) is 4. The van der Waals surface area contributed by atoms with Crippen LogP contribution in [0.15, 0.2) is 59.8 Å². The molecule has 3 aromatic rings. The second-order valence-electron chi connectivity index (χ2n) is 5.16. The number of aromatic amines is 1. The summed E-state index contributed by atoms with van der Waals surface area (Å²) >= 11 is 0. The Kier molecular flexibility index (Phi) is 4.76. The van der Waals surface area contributed by atoms with Gasteiger partial charge in [0.1, 0.15) is 5.75 Å². The van der Waals surface area contributed by atoms with Crippen molar-refractivity contribution in [3.05, 3.63) is 60.3 Å². The monoisotopic (exact) mass is 322 g/mol. The van der Waals surface area contributed by atoms with E-state index in [4.69, 9.17) is 4.74 Å². The first-order chi connectivity index (χ1) is 11.8. The van der Waals surface area contributed by atoms with E-state index in [2.05, 4.69) is 20.8 Å². The van der Waals surface area contributed by atoms with E-state index in [1.165, 1.54) is 0 Å². The predicted octanol–water partition coefficient (Wildman–Crippen LogP) is 2.74. The highest BCUT2D eigenvalue weighted by molar-refractivity contribution is 5.99. The molecule has 0 bridgehead atoms. The van der Waals surface area contributed by atoms with Crippen molar-refractivity contribution in [1.82, 2.24) is 10.4 Å². The Balaban J connectivity index is 1.51. The van der Waals surface area contributed by atoms with Gasteiger partial charge in [0, 0.05) is 28.4 Å². The van der Waals surface area contributed by atoms with Crippen molar-refractivity contribution >= 4 is 28.7 Å². The molecule has 0 fully saturated rings. The lowest BCUT2D eigenvalue weighted by atomic mass is 10.2. The van der Waals surface area contributed by atoms with Crippen LogP contribution in [0.3, 0.4) is 0 Å². The van der Waals surface area contributed by atoms with Gasteiger partial charge < -0.3 is 15.0 Å². The molecule has 122 valence electrons. The highest BCUT2D eigenvalue weighted by Gasteiger charge is 2.02. The molecule has 0 spiro atoms. The van der Waals surface area contributed by atoms with Gasteiger partial charge in [-0.1, -0.05) is 18.2 Å². The number of rotatable bonds is 6. The molecule has 0 saturated heterocycles. The van der Waals surface area contributed by atoms with Crippen molar-refractivity contribution in [1.29, 1.82) is 0 Å². The van der Waals surface area contributed by atoms with E-state index < -0.39 is 0 Å². The Hall–Kier alpha value is -3.28. The van der Waals surface area contributed by atoms with Crippen molar-refractivity contribution in [3.8, 4) is 5.75 Å². The average molecular weight is 322 g/mol. The normalized spacial score (nSPS) is 10.9. The lowest BCUT2D eigenvalue weighted by Crippen LogP contribution is -2.25. The smallest absolute Gasteiger partial charge is 0.259 e. The number of benzene rings is 2. The average Bonchev–Trinajstić information content (AvgIpc) is 3.04. The summed E-state index contributed by atoms with van der Waals surface area (Å²) in [6.07, 6.45) is 3.49. The number of anilines is 1. The molecule has 0 atom stereocenters. The first-order valence-corrected chi connectivity index (χ1v) is 7.52. The number of para-hydroxylation sites is 1. The highest BCUT2D eigenvalue weighted by Crippen LogP contribution is 2.16. The molecule has 1 amide bonds. The number of ether oxygens (including phenoxy) is 1. The molecule has 0 aliphatic carbocycles. The van der Waals surface area contributed by atoms with E-state index in [0.29, 0.717) is 0 Å². The Labute approximate surface area is 139 Å². The van der Waals surface area contributed by atoms with Gasteiger partial charge in [-0.15, -0.1) is 0 Å². The van der Waals surface area contributed by atoms with E-state index in [0.717, 1.165) is 27.9 Å². The lowest BCUT2D eigenvalue weighted by molar-refractivity contribution is -0.119. The summed E-state index contributed by atoms with van der Waals surface area (Å²) in [5, 5.41) is 8.08. The summed E-state index contributed by atoms with van der Waals surface area (Å²) in [7, 11) is 1.61. The maximum absolute atomic E-state index is 11.8. The number of methoxy groups -OCH3 is 1. The van der Waals surface area contributed by atoms with Crippen molar-refractivity contribution in [2.75, 3.05) is 19.0 Å². The molecule has 2 aromatic carbocycles. The zero-order valence-electron chi connectivity index (χ0n) is 13.2. The van der Waals surface area contributed by atoms with Gasteiger partial charge in [0.25, 0.3) is 5.91 Å². The zero-order valence-corrected chi connectivity index (χ0v) is 13.2. The standard InChI is InChI=1S/C18H18N4O2/c1-24-15-8-6-14(7-9-15)19-12-18(23)22-21-11-13-10-20-17-5-3-2-4-16(13)17/h2-11,19-20H,12H2,1H3,(H,22,23)/b21-11+. The van der Waals surface area contributed by atoms with E-state index in [1.54, 1.807) is 13.3 Å². The Morgan fingerprint density at radius 2 is 2.00 bits per heavy atom. The SMILES string of the molecule is COc1ccc(NCC(=O)N/N=C/c2c[nH]c3ccccc23)cc1. The zero-order chi connectivity index (χ0) is 16.8. The number of nitrogens with one attached hydrogen (secondary N) is 3. The fourth-order valence-corrected chi connectivity index (χ4v) is 2.31. The molecular formula is C18H18N4O2. The van der Waals surface area contributed by atoms with Gasteiger partial charge in [0.2, 0.25) is 0 Å². The molecular weight excluding hydrogens is 304 g/mol. The molecule has 0 radical (unpaired) electrons. The summed E-state index contributed by atoms with van der Waals surface area (Å²) in [6, 6.07) is 15.3. The molecule has 0 aliphatic heterocycles. The Morgan fingerprint density at radius 1 is 1.21 bits per heavy atom. The van der Waals surface area contributed by atoms with Gasteiger partial charge >= 0.3 is 0 Å². The van der Waals surface area contributed by atoms with Gasteiger partial charge in [0.05, 0.1) is 19.9 Å². The number of H-pyrrole nitrogens is 1. The first-order valence-electron chi connectivity index (χ1n) is 7.52. The van der Waals surface area contributed by atoms with E-state index >= 15 is 0 Å². The molecule has 0 aliphatic rings. The van der Waals surface area contributed by atoms with Crippen LogP contribution in [0.1, 0.15) is 5.56 Å². The van der Waals surface area contributed by atoms with Crippen LogP contribution in [0.2, 0.25) is 0 Å².